The zero-order valence-corrected chi connectivity index (χ0v) is 11.7. The van der Waals surface area contributed by atoms with Gasteiger partial charge in [-0.3, -0.25) is 4.79 Å². The van der Waals surface area contributed by atoms with Crippen LogP contribution in [0.5, 0.6) is 0 Å². The molecule has 1 amide bonds. The summed E-state index contributed by atoms with van der Waals surface area (Å²) in [5.74, 6) is -0.885. The number of hydrogen-bond acceptors (Lipinski definition) is 3. The number of nitriles is 1. The molecule has 0 aliphatic carbocycles. The van der Waals surface area contributed by atoms with E-state index >= 15 is 0 Å². The van der Waals surface area contributed by atoms with Gasteiger partial charge in [0.1, 0.15) is 5.82 Å². The van der Waals surface area contributed by atoms with E-state index < -0.39 is 5.82 Å². The molecule has 0 aromatic heterocycles. The summed E-state index contributed by atoms with van der Waals surface area (Å²) >= 11 is 0. The first-order valence-corrected chi connectivity index (χ1v) is 6.35. The first kappa shape index (κ1) is 14.5. The van der Waals surface area contributed by atoms with Crippen LogP contribution < -0.4 is 10.6 Å². The number of anilines is 2. The van der Waals surface area contributed by atoms with Crippen LogP contribution in [0.1, 0.15) is 21.5 Å². The lowest BCUT2D eigenvalue weighted by Gasteiger charge is -2.12. The predicted octanol–water partition coefficient (Wildman–Crippen LogP) is 3.30. The van der Waals surface area contributed by atoms with Gasteiger partial charge in [-0.05, 0) is 31.2 Å². The van der Waals surface area contributed by atoms with Gasteiger partial charge in [-0.25, -0.2) is 4.39 Å². The summed E-state index contributed by atoms with van der Waals surface area (Å²) in [5, 5.41) is 14.4. The zero-order valence-electron chi connectivity index (χ0n) is 11.7. The smallest absolute Gasteiger partial charge is 0.257 e. The first-order chi connectivity index (χ1) is 10.1. The monoisotopic (exact) mass is 283 g/mol. The van der Waals surface area contributed by atoms with Crippen molar-refractivity contribution in [2.75, 3.05) is 17.7 Å². The average molecular weight is 283 g/mol. The second-order valence-electron chi connectivity index (χ2n) is 4.49. The molecule has 106 valence electrons. The maximum Gasteiger partial charge on any atom is 0.257 e. The van der Waals surface area contributed by atoms with E-state index in [9.17, 15) is 9.18 Å². The van der Waals surface area contributed by atoms with E-state index in [4.69, 9.17) is 5.26 Å². The third kappa shape index (κ3) is 3.00. The number of hydrogen-bond donors (Lipinski definition) is 2. The van der Waals surface area contributed by atoms with Crippen molar-refractivity contribution in [2.24, 2.45) is 0 Å². The Hall–Kier alpha value is -2.87. The van der Waals surface area contributed by atoms with Crippen LogP contribution in [-0.4, -0.2) is 13.0 Å². The Morgan fingerprint density at radius 2 is 1.95 bits per heavy atom. The number of amides is 1. The molecule has 0 fully saturated rings. The van der Waals surface area contributed by atoms with Crippen LogP contribution in [0.2, 0.25) is 0 Å². The number of rotatable bonds is 3. The molecule has 0 radical (unpaired) electrons. The van der Waals surface area contributed by atoms with E-state index in [1.807, 2.05) is 12.1 Å². The Morgan fingerprint density at radius 1 is 1.24 bits per heavy atom. The minimum atomic E-state index is -0.522. The summed E-state index contributed by atoms with van der Waals surface area (Å²) in [6.07, 6.45) is 0. The fourth-order valence-corrected chi connectivity index (χ4v) is 1.96. The highest BCUT2D eigenvalue weighted by molar-refractivity contribution is 6.08. The highest BCUT2D eigenvalue weighted by Gasteiger charge is 2.14. The largest absolute Gasteiger partial charge is 0.387 e. The second-order valence-corrected chi connectivity index (χ2v) is 4.49. The van der Waals surface area contributed by atoms with E-state index in [1.165, 1.54) is 6.07 Å². The quantitative estimate of drug-likeness (QED) is 0.908. The van der Waals surface area contributed by atoms with Crippen LogP contribution in [0.25, 0.3) is 0 Å². The van der Waals surface area contributed by atoms with Gasteiger partial charge in [0, 0.05) is 24.0 Å². The lowest BCUT2D eigenvalue weighted by molar-refractivity contribution is 0.102. The van der Waals surface area contributed by atoms with Crippen molar-refractivity contribution in [3.63, 3.8) is 0 Å². The van der Waals surface area contributed by atoms with E-state index in [2.05, 4.69) is 10.6 Å². The van der Waals surface area contributed by atoms with E-state index in [0.717, 1.165) is 6.07 Å². The number of carbonyl (C=O) groups is 1. The number of nitrogens with one attached hydrogen (secondary N) is 2. The molecule has 0 saturated heterocycles. The molecule has 2 N–H and O–H groups in total. The fraction of sp³-hybridized carbons (Fsp3) is 0.125. The molecule has 2 aromatic rings. The molecule has 2 aromatic carbocycles. The Kier molecular flexibility index (Phi) is 4.19. The average Bonchev–Trinajstić information content (AvgIpc) is 2.51. The molecular weight excluding hydrogens is 269 g/mol. The molecule has 2 rings (SSSR count). The van der Waals surface area contributed by atoms with Crippen molar-refractivity contribution in [2.45, 2.75) is 6.92 Å². The molecule has 0 spiro atoms. The van der Waals surface area contributed by atoms with Gasteiger partial charge in [0.25, 0.3) is 5.91 Å². The number of carbonyl (C=O) groups excluding carboxylic acids is 1. The molecule has 5 heteroatoms. The number of nitrogens with zero attached hydrogens (tertiary/aromatic N) is 1. The molecule has 21 heavy (non-hydrogen) atoms. The van der Waals surface area contributed by atoms with Crippen LogP contribution in [0.4, 0.5) is 15.8 Å². The predicted molar refractivity (Wildman–Crippen MR) is 79.8 cm³/mol. The van der Waals surface area contributed by atoms with Crippen molar-refractivity contribution in [1.29, 1.82) is 5.26 Å². The molecule has 0 unspecified atom stereocenters. The molecule has 0 aliphatic heterocycles. The van der Waals surface area contributed by atoms with E-state index in [1.54, 1.807) is 32.2 Å². The summed E-state index contributed by atoms with van der Waals surface area (Å²) in [7, 11) is 1.72. The van der Waals surface area contributed by atoms with Gasteiger partial charge in [0.05, 0.1) is 17.2 Å². The van der Waals surface area contributed by atoms with Crippen molar-refractivity contribution in [1.82, 2.24) is 0 Å². The van der Waals surface area contributed by atoms with Crippen LogP contribution >= 0.6 is 0 Å². The fourth-order valence-electron chi connectivity index (χ4n) is 1.96. The van der Waals surface area contributed by atoms with Gasteiger partial charge in [-0.2, -0.15) is 5.26 Å². The van der Waals surface area contributed by atoms with Gasteiger partial charge < -0.3 is 10.6 Å². The molecule has 0 heterocycles. The second kappa shape index (κ2) is 6.06. The lowest BCUT2D eigenvalue weighted by Crippen LogP contribution is -2.15. The number of benzene rings is 2. The third-order valence-corrected chi connectivity index (χ3v) is 3.16. The topological polar surface area (TPSA) is 64.9 Å². The maximum absolute atomic E-state index is 13.7. The maximum atomic E-state index is 13.7. The summed E-state index contributed by atoms with van der Waals surface area (Å²) < 4.78 is 13.7. The lowest BCUT2D eigenvalue weighted by atomic mass is 10.1. The standard InChI is InChI=1S/C16H14FN3O/c1-10-13(17)7-11(9-18)8-15(10)20-16(21)12-5-3-4-6-14(12)19-2/h3-8,19H,1-2H3,(H,20,21). The Bertz CT molecular complexity index is 735. The third-order valence-electron chi connectivity index (χ3n) is 3.16. The van der Waals surface area contributed by atoms with Gasteiger partial charge in [0.15, 0.2) is 0 Å². The van der Waals surface area contributed by atoms with E-state index in [-0.39, 0.29) is 11.5 Å². The van der Waals surface area contributed by atoms with Crippen LogP contribution in [0.15, 0.2) is 36.4 Å². The molecule has 0 bridgehead atoms. The molecule has 0 saturated carbocycles. The van der Waals surface area contributed by atoms with Crippen LogP contribution in [0.3, 0.4) is 0 Å². The minimum Gasteiger partial charge on any atom is -0.387 e. The van der Waals surface area contributed by atoms with Crippen molar-refractivity contribution < 1.29 is 9.18 Å². The Morgan fingerprint density at radius 3 is 2.62 bits per heavy atom. The summed E-state index contributed by atoms with van der Waals surface area (Å²) in [5.41, 5.74) is 1.87. The van der Waals surface area contributed by atoms with Crippen LogP contribution in [-0.2, 0) is 0 Å². The molecule has 4 nitrogen and oxygen atoms in total. The summed E-state index contributed by atoms with van der Waals surface area (Å²) in [6.45, 7) is 1.55. The minimum absolute atomic E-state index is 0.162. The van der Waals surface area contributed by atoms with Crippen molar-refractivity contribution in [3.05, 3.63) is 58.9 Å². The highest BCUT2D eigenvalue weighted by Crippen LogP contribution is 2.22. The van der Waals surface area contributed by atoms with Gasteiger partial charge in [-0.15, -0.1) is 0 Å². The van der Waals surface area contributed by atoms with Gasteiger partial charge in [0.2, 0.25) is 0 Å². The van der Waals surface area contributed by atoms with Crippen molar-refractivity contribution >= 4 is 17.3 Å². The van der Waals surface area contributed by atoms with Crippen molar-refractivity contribution in [3.8, 4) is 6.07 Å². The van der Waals surface area contributed by atoms with Crippen LogP contribution in [0, 0.1) is 24.1 Å². The highest BCUT2D eigenvalue weighted by atomic mass is 19.1. The zero-order chi connectivity index (χ0) is 15.4. The Labute approximate surface area is 122 Å². The first-order valence-electron chi connectivity index (χ1n) is 6.35. The van der Waals surface area contributed by atoms with Gasteiger partial charge in [-0.1, -0.05) is 12.1 Å². The summed E-state index contributed by atoms with van der Waals surface area (Å²) in [6, 6.07) is 11.5. The van der Waals surface area contributed by atoms with Gasteiger partial charge >= 0.3 is 0 Å². The Balaban J connectivity index is 2.36. The molecule has 0 atom stereocenters. The number of halogens is 1. The normalized spacial score (nSPS) is 9.81. The molecular formula is C16H14FN3O. The summed E-state index contributed by atoms with van der Waals surface area (Å²) in [4.78, 5) is 12.3. The SMILES string of the molecule is CNc1ccccc1C(=O)Nc1cc(C#N)cc(F)c1C. The van der Waals surface area contributed by atoms with E-state index in [0.29, 0.717) is 22.5 Å². The number of para-hydroxylation sites is 1. The molecule has 0 aliphatic rings.